The lowest BCUT2D eigenvalue weighted by molar-refractivity contribution is -0.0132. The summed E-state index contributed by atoms with van der Waals surface area (Å²) in [6.07, 6.45) is 8.00. The lowest BCUT2D eigenvalue weighted by Gasteiger charge is -2.28. The third-order valence-corrected chi connectivity index (χ3v) is 2.79. The van der Waals surface area contributed by atoms with Crippen LogP contribution in [0.15, 0.2) is 0 Å². The lowest BCUT2D eigenvalue weighted by atomic mass is 9.88. The van der Waals surface area contributed by atoms with Crippen molar-refractivity contribution in [3.8, 4) is 6.07 Å². The first-order chi connectivity index (χ1) is 6.33. The van der Waals surface area contributed by atoms with Crippen LogP contribution in [0.25, 0.3) is 0 Å². The molecule has 0 spiro atoms. The molecule has 1 fully saturated rings. The van der Waals surface area contributed by atoms with Gasteiger partial charge in [-0.05, 0) is 32.6 Å². The first-order valence-corrected chi connectivity index (χ1v) is 5.38. The second-order valence-electron chi connectivity index (χ2n) is 3.81. The first kappa shape index (κ1) is 10.5. The van der Waals surface area contributed by atoms with Crippen molar-refractivity contribution in [2.24, 2.45) is 0 Å². The molecule has 2 nitrogen and oxygen atoms in total. The van der Waals surface area contributed by atoms with Crippen LogP contribution in [0.3, 0.4) is 0 Å². The van der Waals surface area contributed by atoms with Gasteiger partial charge >= 0.3 is 0 Å². The van der Waals surface area contributed by atoms with Crippen LogP contribution >= 0.6 is 0 Å². The predicted molar refractivity (Wildman–Crippen MR) is 52.3 cm³/mol. The Morgan fingerprint density at radius 2 is 1.69 bits per heavy atom. The standard InChI is InChI=1S/C11H19NO/c1-2-13-11(10-12)8-6-4-3-5-7-9-11/h2-9H2,1H3. The fourth-order valence-electron chi connectivity index (χ4n) is 2.04. The first-order valence-electron chi connectivity index (χ1n) is 5.38. The number of nitrogens with zero attached hydrogens (tertiary/aromatic N) is 1. The van der Waals surface area contributed by atoms with Gasteiger partial charge in [-0.2, -0.15) is 5.26 Å². The van der Waals surface area contributed by atoms with E-state index in [1.165, 1.54) is 19.3 Å². The number of ether oxygens (including phenoxy) is 1. The summed E-state index contributed by atoms with van der Waals surface area (Å²) in [5, 5.41) is 9.11. The van der Waals surface area contributed by atoms with Crippen LogP contribution in [0, 0.1) is 11.3 Å². The zero-order chi connectivity index (χ0) is 9.57. The smallest absolute Gasteiger partial charge is 0.154 e. The normalized spacial score (nSPS) is 22.8. The molecule has 0 atom stereocenters. The van der Waals surface area contributed by atoms with Crippen molar-refractivity contribution in [3.05, 3.63) is 0 Å². The Balaban J connectivity index is 2.54. The van der Waals surface area contributed by atoms with Crippen LogP contribution in [0.1, 0.15) is 51.9 Å². The van der Waals surface area contributed by atoms with Crippen molar-refractivity contribution >= 4 is 0 Å². The van der Waals surface area contributed by atoms with Gasteiger partial charge < -0.3 is 4.74 Å². The van der Waals surface area contributed by atoms with Gasteiger partial charge in [0, 0.05) is 6.61 Å². The molecule has 0 saturated heterocycles. The van der Waals surface area contributed by atoms with Gasteiger partial charge in [0.1, 0.15) is 0 Å². The Hall–Kier alpha value is -0.550. The molecule has 0 aromatic heterocycles. The second kappa shape index (κ2) is 5.24. The fraction of sp³-hybridized carbons (Fsp3) is 0.909. The molecule has 1 aliphatic rings. The summed E-state index contributed by atoms with van der Waals surface area (Å²) in [6.45, 7) is 2.63. The van der Waals surface area contributed by atoms with Gasteiger partial charge in [-0.25, -0.2) is 0 Å². The van der Waals surface area contributed by atoms with E-state index in [4.69, 9.17) is 10.00 Å². The number of hydrogen-bond acceptors (Lipinski definition) is 2. The van der Waals surface area contributed by atoms with E-state index in [9.17, 15) is 0 Å². The van der Waals surface area contributed by atoms with Crippen LogP contribution in [0.5, 0.6) is 0 Å². The van der Waals surface area contributed by atoms with Crippen LogP contribution in [0.4, 0.5) is 0 Å². The topological polar surface area (TPSA) is 33.0 Å². The van der Waals surface area contributed by atoms with Gasteiger partial charge in [0.05, 0.1) is 6.07 Å². The van der Waals surface area contributed by atoms with Crippen molar-refractivity contribution < 1.29 is 4.74 Å². The molecule has 13 heavy (non-hydrogen) atoms. The molecule has 1 saturated carbocycles. The summed E-state index contributed by atoms with van der Waals surface area (Å²) < 4.78 is 5.59. The molecule has 0 amide bonds. The van der Waals surface area contributed by atoms with Crippen molar-refractivity contribution in [1.29, 1.82) is 5.26 Å². The van der Waals surface area contributed by atoms with Crippen LogP contribution < -0.4 is 0 Å². The summed E-state index contributed by atoms with van der Waals surface area (Å²) >= 11 is 0. The molecule has 74 valence electrons. The van der Waals surface area contributed by atoms with Crippen molar-refractivity contribution in [2.75, 3.05) is 6.61 Å². The monoisotopic (exact) mass is 181 g/mol. The van der Waals surface area contributed by atoms with E-state index in [0.717, 1.165) is 25.7 Å². The quantitative estimate of drug-likeness (QED) is 0.656. The van der Waals surface area contributed by atoms with Crippen molar-refractivity contribution in [3.63, 3.8) is 0 Å². The van der Waals surface area contributed by atoms with E-state index in [-0.39, 0.29) is 0 Å². The predicted octanol–water partition coefficient (Wildman–Crippen LogP) is 3.03. The summed E-state index contributed by atoms with van der Waals surface area (Å²) in [5.41, 5.74) is -0.449. The molecule has 1 rings (SSSR count). The van der Waals surface area contributed by atoms with E-state index in [0.29, 0.717) is 6.61 Å². The number of hydrogen-bond donors (Lipinski definition) is 0. The van der Waals surface area contributed by atoms with Gasteiger partial charge in [0.25, 0.3) is 0 Å². The average molecular weight is 181 g/mol. The van der Waals surface area contributed by atoms with Crippen molar-refractivity contribution in [2.45, 2.75) is 57.5 Å². The van der Waals surface area contributed by atoms with Gasteiger partial charge in [0.2, 0.25) is 0 Å². The maximum Gasteiger partial charge on any atom is 0.154 e. The Morgan fingerprint density at radius 3 is 2.15 bits per heavy atom. The number of nitriles is 1. The zero-order valence-electron chi connectivity index (χ0n) is 8.51. The summed E-state index contributed by atoms with van der Waals surface area (Å²) in [5.74, 6) is 0. The van der Waals surface area contributed by atoms with E-state index in [1.54, 1.807) is 0 Å². The molecule has 1 aliphatic carbocycles. The Bertz CT molecular complexity index is 175. The molecule has 0 aliphatic heterocycles. The Kier molecular flexibility index (Phi) is 4.24. The summed E-state index contributed by atoms with van der Waals surface area (Å²) in [6, 6.07) is 2.36. The molecule has 0 heterocycles. The molecule has 0 aromatic carbocycles. The minimum Gasteiger partial charge on any atom is -0.360 e. The second-order valence-corrected chi connectivity index (χ2v) is 3.81. The fourth-order valence-corrected chi connectivity index (χ4v) is 2.04. The maximum absolute atomic E-state index is 9.11. The van der Waals surface area contributed by atoms with Gasteiger partial charge in [-0.1, -0.05) is 19.3 Å². The molecule has 0 aromatic rings. The van der Waals surface area contributed by atoms with E-state index >= 15 is 0 Å². The molecule has 0 radical (unpaired) electrons. The van der Waals surface area contributed by atoms with Crippen LogP contribution in [-0.2, 0) is 4.74 Å². The van der Waals surface area contributed by atoms with Gasteiger partial charge in [0.15, 0.2) is 5.60 Å². The van der Waals surface area contributed by atoms with E-state index in [1.807, 2.05) is 6.92 Å². The highest BCUT2D eigenvalue weighted by atomic mass is 16.5. The number of rotatable bonds is 2. The maximum atomic E-state index is 9.11. The van der Waals surface area contributed by atoms with E-state index < -0.39 is 5.60 Å². The third-order valence-electron chi connectivity index (χ3n) is 2.79. The van der Waals surface area contributed by atoms with Gasteiger partial charge in [-0.3, -0.25) is 0 Å². The highest BCUT2D eigenvalue weighted by molar-refractivity contribution is 5.02. The summed E-state index contributed by atoms with van der Waals surface area (Å²) in [4.78, 5) is 0. The van der Waals surface area contributed by atoms with Gasteiger partial charge in [-0.15, -0.1) is 0 Å². The highest BCUT2D eigenvalue weighted by Gasteiger charge is 2.30. The molecular formula is C11H19NO. The largest absolute Gasteiger partial charge is 0.360 e. The lowest BCUT2D eigenvalue weighted by Crippen LogP contribution is -2.31. The molecule has 0 unspecified atom stereocenters. The Labute approximate surface area is 80.9 Å². The minimum absolute atomic E-state index is 0.449. The molecule has 2 heteroatoms. The van der Waals surface area contributed by atoms with Crippen LogP contribution in [-0.4, -0.2) is 12.2 Å². The van der Waals surface area contributed by atoms with Crippen LogP contribution in [0.2, 0.25) is 0 Å². The Morgan fingerprint density at radius 1 is 1.15 bits per heavy atom. The van der Waals surface area contributed by atoms with E-state index in [2.05, 4.69) is 6.07 Å². The highest BCUT2D eigenvalue weighted by Crippen LogP contribution is 2.28. The summed E-state index contributed by atoms with van der Waals surface area (Å²) in [7, 11) is 0. The minimum atomic E-state index is -0.449. The zero-order valence-corrected chi connectivity index (χ0v) is 8.51. The average Bonchev–Trinajstić information content (AvgIpc) is 2.10. The van der Waals surface area contributed by atoms with Crippen molar-refractivity contribution in [1.82, 2.24) is 0 Å². The SMILES string of the molecule is CCOC1(C#N)CCCCCCC1. The molecule has 0 N–H and O–H groups in total. The third kappa shape index (κ3) is 3.00. The molecule has 0 bridgehead atoms. The molecular weight excluding hydrogens is 162 g/mol.